The first kappa shape index (κ1) is 25.1. The van der Waals surface area contributed by atoms with Crippen molar-refractivity contribution in [3.05, 3.63) is 96.1 Å². The van der Waals surface area contributed by atoms with Crippen molar-refractivity contribution in [2.45, 2.75) is 78.3 Å². The minimum atomic E-state index is 1.12. The fourth-order valence-corrected chi connectivity index (χ4v) is 4.32. The van der Waals surface area contributed by atoms with Crippen LogP contribution < -0.4 is 0 Å². The maximum atomic E-state index is 2.40. The Kier molecular flexibility index (Phi) is 12.7. The second-order valence-corrected chi connectivity index (χ2v) is 8.88. The monoisotopic (exact) mass is 418 g/mol. The summed E-state index contributed by atoms with van der Waals surface area (Å²) in [5.41, 5.74) is 2.92. The molecule has 0 spiro atoms. The summed E-state index contributed by atoms with van der Waals surface area (Å²) in [6.07, 6.45) is 19.3. The molecule has 168 valence electrons. The van der Waals surface area contributed by atoms with Crippen LogP contribution in [0.1, 0.15) is 76.3 Å². The Morgan fingerprint density at radius 3 is 1.32 bits per heavy atom. The predicted octanol–water partition coefficient (Wildman–Crippen LogP) is 8.48. The molecule has 0 aliphatic heterocycles. The van der Waals surface area contributed by atoms with Crippen molar-refractivity contribution in [1.29, 1.82) is 0 Å². The number of benzene rings is 2. The van der Waals surface area contributed by atoms with Crippen LogP contribution in [0.5, 0.6) is 0 Å². The zero-order chi connectivity index (χ0) is 22.0. The van der Waals surface area contributed by atoms with E-state index >= 15 is 0 Å². The summed E-state index contributed by atoms with van der Waals surface area (Å²) in [6, 6.07) is 22.2. The fraction of sp³-hybridized carbons (Fsp3) is 0.467. The summed E-state index contributed by atoms with van der Waals surface area (Å²) < 4.78 is 1.15. The Morgan fingerprint density at radius 2 is 0.935 bits per heavy atom. The first-order chi connectivity index (χ1) is 15.3. The fourth-order valence-electron chi connectivity index (χ4n) is 4.32. The van der Waals surface area contributed by atoms with E-state index in [1.165, 1.54) is 75.6 Å². The number of rotatable bonds is 16. The van der Waals surface area contributed by atoms with E-state index in [-0.39, 0.29) is 0 Å². The predicted molar refractivity (Wildman–Crippen MR) is 137 cm³/mol. The number of allylic oxidation sites excluding steroid dienone is 4. The Balaban J connectivity index is 2.15. The van der Waals surface area contributed by atoms with Crippen LogP contribution >= 0.6 is 0 Å². The lowest BCUT2D eigenvalue weighted by molar-refractivity contribution is -0.954. The number of hydrogen-bond acceptors (Lipinski definition) is 0. The average Bonchev–Trinajstić information content (AvgIpc) is 2.80. The maximum Gasteiger partial charge on any atom is 0.105 e. The van der Waals surface area contributed by atoms with Crippen molar-refractivity contribution < 1.29 is 4.48 Å². The van der Waals surface area contributed by atoms with E-state index < -0.39 is 0 Å². The molecule has 1 heteroatoms. The molecule has 0 unspecified atom stereocenters. The molecule has 0 atom stereocenters. The summed E-state index contributed by atoms with van der Waals surface area (Å²) in [6.45, 7) is 9.21. The number of unbranched alkanes of at least 4 members (excludes halogenated alkanes) is 4. The van der Waals surface area contributed by atoms with Gasteiger partial charge in [0.25, 0.3) is 0 Å². The molecule has 0 bridgehead atoms. The van der Waals surface area contributed by atoms with E-state index in [4.69, 9.17) is 0 Å². The van der Waals surface area contributed by atoms with Crippen molar-refractivity contribution in [3.63, 3.8) is 0 Å². The van der Waals surface area contributed by atoms with Crippen LogP contribution in [0.3, 0.4) is 0 Å². The first-order valence-electron chi connectivity index (χ1n) is 12.5. The lowest BCUT2D eigenvalue weighted by Crippen LogP contribution is -2.48. The molecule has 0 heterocycles. The second kappa shape index (κ2) is 15.6. The van der Waals surface area contributed by atoms with Gasteiger partial charge in [-0.15, -0.1) is 0 Å². The topological polar surface area (TPSA) is 0 Å². The van der Waals surface area contributed by atoms with Gasteiger partial charge in [-0.25, -0.2) is 0 Å². The SMILES string of the molecule is CCC/C=C/CCC[N+](CCC/C=C/CCC)(Cc1ccccc1)Cc1ccccc1. The van der Waals surface area contributed by atoms with Crippen molar-refractivity contribution in [2.75, 3.05) is 13.1 Å². The van der Waals surface area contributed by atoms with Gasteiger partial charge in [-0.1, -0.05) is 112 Å². The molecule has 0 fully saturated rings. The molecule has 0 saturated carbocycles. The van der Waals surface area contributed by atoms with Gasteiger partial charge in [-0.05, 0) is 25.7 Å². The van der Waals surface area contributed by atoms with Gasteiger partial charge in [0.1, 0.15) is 13.1 Å². The third-order valence-corrected chi connectivity index (χ3v) is 5.97. The molecule has 0 radical (unpaired) electrons. The van der Waals surface area contributed by atoms with Crippen molar-refractivity contribution in [3.8, 4) is 0 Å². The molecule has 0 amide bonds. The molecule has 0 aliphatic rings. The van der Waals surface area contributed by atoms with Gasteiger partial charge in [0.15, 0.2) is 0 Å². The zero-order valence-corrected chi connectivity index (χ0v) is 20.0. The summed E-state index contributed by atoms with van der Waals surface area (Å²) in [5.74, 6) is 0. The molecule has 0 N–H and O–H groups in total. The molecule has 2 aromatic rings. The Labute approximate surface area is 192 Å². The van der Waals surface area contributed by atoms with Gasteiger partial charge < -0.3 is 4.48 Å². The van der Waals surface area contributed by atoms with E-state index in [0.717, 1.165) is 17.6 Å². The van der Waals surface area contributed by atoms with Crippen LogP contribution in [0.2, 0.25) is 0 Å². The largest absolute Gasteiger partial charge is 0.316 e. The van der Waals surface area contributed by atoms with Gasteiger partial charge in [-0.3, -0.25) is 0 Å². The lowest BCUT2D eigenvalue weighted by Gasteiger charge is -2.39. The maximum absolute atomic E-state index is 2.40. The van der Waals surface area contributed by atoms with Crippen molar-refractivity contribution in [2.24, 2.45) is 0 Å². The van der Waals surface area contributed by atoms with Gasteiger partial charge in [0, 0.05) is 24.0 Å². The Bertz CT molecular complexity index is 664. The normalized spacial score (nSPS) is 12.2. The van der Waals surface area contributed by atoms with E-state index in [1.54, 1.807) is 0 Å². The van der Waals surface area contributed by atoms with Gasteiger partial charge in [-0.2, -0.15) is 0 Å². The molecule has 2 aromatic carbocycles. The third-order valence-electron chi connectivity index (χ3n) is 5.97. The Morgan fingerprint density at radius 1 is 0.548 bits per heavy atom. The molecular formula is C30H44N+. The second-order valence-electron chi connectivity index (χ2n) is 8.88. The summed E-state index contributed by atoms with van der Waals surface area (Å²) in [7, 11) is 0. The highest BCUT2D eigenvalue weighted by Crippen LogP contribution is 2.23. The van der Waals surface area contributed by atoms with Crippen molar-refractivity contribution in [1.82, 2.24) is 0 Å². The number of hydrogen-bond donors (Lipinski definition) is 0. The highest BCUT2D eigenvalue weighted by molar-refractivity contribution is 5.15. The molecule has 31 heavy (non-hydrogen) atoms. The van der Waals surface area contributed by atoms with Crippen LogP contribution in [0.25, 0.3) is 0 Å². The van der Waals surface area contributed by atoms with Gasteiger partial charge in [0.05, 0.1) is 13.1 Å². The van der Waals surface area contributed by atoms with Gasteiger partial charge in [0.2, 0.25) is 0 Å². The smallest absolute Gasteiger partial charge is 0.105 e. The summed E-state index contributed by atoms with van der Waals surface area (Å²) in [5, 5.41) is 0. The van der Waals surface area contributed by atoms with Crippen molar-refractivity contribution >= 4 is 0 Å². The average molecular weight is 419 g/mol. The number of quaternary nitrogens is 1. The molecule has 1 nitrogen and oxygen atoms in total. The van der Waals surface area contributed by atoms with Crippen LogP contribution in [0.15, 0.2) is 85.0 Å². The highest BCUT2D eigenvalue weighted by atomic mass is 15.3. The van der Waals surface area contributed by atoms with E-state index in [2.05, 4.69) is 98.8 Å². The van der Waals surface area contributed by atoms with Crippen LogP contribution in [0, 0.1) is 0 Å². The standard InChI is InChI=1S/C30H44N/c1-3-5-7-9-11-19-25-31(26-20-12-10-8-6-4-2,27-29-21-15-13-16-22-29)28-30-23-17-14-18-24-30/h7-10,13-18,21-24H,3-6,11-12,19-20,25-28H2,1-2H3/q+1/b9-7+,10-8+. The molecule has 0 saturated heterocycles. The molecular weight excluding hydrogens is 374 g/mol. The molecule has 2 rings (SSSR count). The minimum absolute atomic E-state index is 1.12. The van der Waals surface area contributed by atoms with E-state index in [1.807, 2.05) is 0 Å². The third kappa shape index (κ3) is 10.6. The zero-order valence-electron chi connectivity index (χ0n) is 20.0. The van der Waals surface area contributed by atoms with Crippen LogP contribution in [-0.4, -0.2) is 17.6 Å². The summed E-state index contributed by atoms with van der Waals surface area (Å²) in [4.78, 5) is 0. The lowest BCUT2D eigenvalue weighted by atomic mass is 10.1. The number of nitrogens with zero attached hydrogens (tertiary/aromatic N) is 1. The van der Waals surface area contributed by atoms with E-state index in [0.29, 0.717) is 0 Å². The first-order valence-corrected chi connectivity index (χ1v) is 12.5. The molecule has 0 aliphatic carbocycles. The minimum Gasteiger partial charge on any atom is -0.316 e. The van der Waals surface area contributed by atoms with Crippen LogP contribution in [0.4, 0.5) is 0 Å². The van der Waals surface area contributed by atoms with E-state index in [9.17, 15) is 0 Å². The molecule has 0 aromatic heterocycles. The summed E-state index contributed by atoms with van der Waals surface area (Å²) >= 11 is 0. The highest BCUT2D eigenvalue weighted by Gasteiger charge is 2.27. The van der Waals surface area contributed by atoms with Gasteiger partial charge >= 0.3 is 0 Å². The van der Waals surface area contributed by atoms with Crippen LogP contribution in [-0.2, 0) is 13.1 Å². The quantitative estimate of drug-likeness (QED) is 0.146. The Hall–Kier alpha value is -2.12.